The Hall–Kier alpha value is -4.44. The van der Waals surface area contributed by atoms with E-state index in [0.29, 0.717) is 0 Å². The molecule has 0 N–H and O–H groups in total. The average Bonchev–Trinajstić information content (AvgIpc) is 4.01. The molecule has 6 aromatic carbocycles. The van der Waals surface area contributed by atoms with Crippen molar-refractivity contribution >= 4 is 76.5 Å². The van der Waals surface area contributed by atoms with E-state index in [0.717, 1.165) is 23.0 Å². The molecule has 0 saturated carbocycles. The molecule has 2 aromatic heterocycles. The fourth-order valence-corrected chi connectivity index (χ4v) is 29.1. The van der Waals surface area contributed by atoms with Crippen molar-refractivity contribution in [1.29, 1.82) is 0 Å². The molecule has 0 saturated heterocycles. The van der Waals surface area contributed by atoms with Gasteiger partial charge in [0.2, 0.25) is 0 Å². The molecule has 2 aliphatic carbocycles. The van der Waals surface area contributed by atoms with Crippen molar-refractivity contribution in [3.8, 4) is 22.3 Å². The molecule has 60 heavy (non-hydrogen) atoms. The van der Waals surface area contributed by atoms with E-state index in [1.165, 1.54) is 99.5 Å². The van der Waals surface area contributed by atoms with Crippen LogP contribution in [-0.2, 0) is 17.4 Å². The van der Waals surface area contributed by atoms with Gasteiger partial charge in [0.15, 0.2) is 0 Å². The van der Waals surface area contributed by atoms with Crippen molar-refractivity contribution < 1.29 is 26.2 Å². The van der Waals surface area contributed by atoms with Crippen LogP contribution in [0.25, 0.3) is 67.1 Å². The van der Waals surface area contributed by atoms with Crippen molar-refractivity contribution in [2.45, 2.75) is 58.1 Å². The number of halogens is 2. The topological polar surface area (TPSA) is 26.3 Å². The van der Waals surface area contributed by atoms with E-state index in [4.69, 9.17) is 8.83 Å². The fraction of sp³-hybridized carbons (Fsp3) is 0.185. The summed E-state index contributed by atoms with van der Waals surface area (Å²) >= 11 is -4.30. The predicted octanol–water partition coefficient (Wildman–Crippen LogP) is 15.4. The summed E-state index contributed by atoms with van der Waals surface area (Å²) in [6.45, 7) is 15.8. The van der Waals surface area contributed by atoms with Gasteiger partial charge in [-0.3, -0.25) is 0 Å². The predicted molar refractivity (Wildman–Crippen MR) is 261 cm³/mol. The first-order valence-corrected chi connectivity index (χ1v) is 34.3. The van der Waals surface area contributed by atoms with Gasteiger partial charge in [-0.1, -0.05) is 0 Å². The molecule has 2 heterocycles. The van der Waals surface area contributed by atoms with Gasteiger partial charge in [-0.25, -0.2) is 0 Å². The molecule has 302 valence electrons. The third-order valence-corrected chi connectivity index (χ3v) is 30.9. The smallest absolute Gasteiger partial charge is 0.147 e. The number of hydrogen-bond acceptors (Lipinski definition) is 2. The molecule has 0 amide bonds. The first kappa shape index (κ1) is 42.3. The summed E-state index contributed by atoms with van der Waals surface area (Å²) in [6.07, 6.45) is 5.03. The van der Waals surface area contributed by atoms with Crippen molar-refractivity contribution in [3.05, 3.63) is 189 Å². The summed E-state index contributed by atoms with van der Waals surface area (Å²) in [5.74, 6) is 3.86. The van der Waals surface area contributed by atoms with Gasteiger partial charge in [-0.05, 0) is 0 Å². The molecular formula is C54H52Cl2O2SiZr. The van der Waals surface area contributed by atoms with Crippen LogP contribution in [0.2, 0.25) is 9.26 Å². The third kappa shape index (κ3) is 6.61. The van der Waals surface area contributed by atoms with Gasteiger partial charge in [0.25, 0.3) is 0 Å². The molecule has 0 radical (unpaired) electrons. The average molecular weight is 923 g/mol. The van der Waals surface area contributed by atoms with E-state index in [9.17, 15) is 0 Å². The van der Waals surface area contributed by atoms with Gasteiger partial charge < -0.3 is 0 Å². The Labute approximate surface area is 369 Å². The zero-order chi connectivity index (χ0) is 40.3. The minimum atomic E-state index is -4.30. The summed E-state index contributed by atoms with van der Waals surface area (Å²) in [7, 11) is 0. The number of fused-ring (bicyclic) bond motifs is 4. The van der Waals surface area contributed by atoms with Gasteiger partial charge in [0, 0.05) is 0 Å². The maximum atomic E-state index is 6.66. The summed E-state index contributed by atoms with van der Waals surface area (Å²) < 4.78 is 19.2. The first-order valence-electron chi connectivity index (χ1n) is 20.7. The Bertz CT molecular complexity index is 2980. The molecular weight excluding hydrogens is 871 g/mol. The monoisotopic (exact) mass is 920 g/mol. The van der Waals surface area contributed by atoms with Crippen LogP contribution in [0.15, 0.2) is 130 Å². The van der Waals surface area contributed by atoms with Gasteiger partial charge in [-0.2, -0.15) is 0 Å². The Kier molecular flexibility index (Phi) is 10.7. The number of allylic oxidation sites excluding steroid dienone is 2. The van der Waals surface area contributed by atoms with E-state index in [2.05, 4.69) is 191 Å². The molecule has 0 aliphatic heterocycles. The number of furan rings is 2. The maximum Gasteiger partial charge on any atom is -0.147 e. The second-order valence-corrected chi connectivity index (χ2v) is 48.8. The molecule has 0 spiro atoms. The van der Waals surface area contributed by atoms with E-state index in [-0.39, 0.29) is 32.1 Å². The van der Waals surface area contributed by atoms with Crippen LogP contribution in [0.1, 0.15) is 74.8 Å². The Morgan fingerprint density at radius 3 is 1.22 bits per heavy atom. The van der Waals surface area contributed by atoms with Crippen molar-refractivity contribution in [2.24, 2.45) is 0 Å². The van der Waals surface area contributed by atoms with Crippen LogP contribution >= 0.6 is 24.8 Å². The van der Waals surface area contributed by atoms with Crippen LogP contribution in [0, 0.1) is 41.5 Å². The molecule has 2 nitrogen and oxygen atoms in total. The zero-order valence-electron chi connectivity index (χ0n) is 35.7. The van der Waals surface area contributed by atoms with Crippen molar-refractivity contribution in [2.75, 3.05) is 0 Å². The minimum absolute atomic E-state index is 0. The van der Waals surface area contributed by atoms with E-state index >= 15 is 0 Å². The quantitative estimate of drug-likeness (QED) is 0.155. The van der Waals surface area contributed by atoms with Crippen LogP contribution in [0.4, 0.5) is 0 Å². The normalized spacial score (nSPS) is 15.9. The van der Waals surface area contributed by atoms with Gasteiger partial charge in [0.05, 0.1) is 0 Å². The Morgan fingerprint density at radius 2 is 0.850 bits per heavy atom. The molecule has 0 bridgehead atoms. The Morgan fingerprint density at radius 1 is 0.467 bits per heavy atom. The minimum Gasteiger partial charge on any atom is -0.147 e. The van der Waals surface area contributed by atoms with Crippen LogP contribution in [0.3, 0.4) is 0 Å². The second kappa shape index (κ2) is 15.2. The summed E-state index contributed by atoms with van der Waals surface area (Å²) in [4.78, 5) is 0. The van der Waals surface area contributed by atoms with E-state index < -0.39 is 17.4 Å². The third-order valence-electron chi connectivity index (χ3n) is 13.7. The van der Waals surface area contributed by atoms with Gasteiger partial charge in [0.1, 0.15) is 0 Å². The zero-order valence-corrected chi connectivity index (χ0v) is 41.2. The standard InChI is InChI=1S/2C26H21O.2CH3.2ClH.H2Si.Zr/c2*1-16-12-22-14-23(25-11-8-17(2)27-25)15-24(22)26(18(16)3)21-10-9-19-6-4-5-7-20(19)13-21;;;;;;/h2*4-15H,1-3H3;2*1H3;2*1H;1H2;. The summed E-state index contributed by atoms with van der Waals surface area (Å²) in [5, 5.41) is 5.06. The van der Waals surface area contributed by atoms with E-state index in [1.807, 2.05) is 0 Å². The van der Waals surface area contributed by atoms with Crippen LogP contribution in [-0.4, -0.2) is 6.88 Å². The van der Waals surface area contributed by atoms with Crippen LogP contribution < -0.4 is 0 Å². The summed E-state index contributed by atoms with van der Waals surface area (Å²) in [6, 6.07) is 45.2. The largest absolute Gasteiger partial charge is 0.147 e. The molecule has 6 heteroatoms. The molecule has 2 aliphatic rings. The number of hydrogen-bond donors (Lipinski definition) is 0. The molecule has 2 atom stereocenters. The van der Waals surface area contributed by atoms with E-state index in [1.54, 1.807) is 0 Å². The number of rotatable bonds is 6. The molecule has 10 rings (SSSR count). The Balaban J connectivity index is 0.00000249. The van der Waals surface area contributed by atoms with Crippen molar-refractivity contribution in [3.63, 3.8) is 0 Å². The second-order valence-electron chi connectivity index (χ2n) is 18.3. The first-order chi connectivity index (χ1) is 27.8. The maximum absolute atomic E-state index is 6.66. The van der Waals surface area contributed by atoms with Crippen molar-refractivity contribution in [1.82, 2.24) is 0 Å². The number of benzene rings is 6. The van der Waals surface area contributed by atoms with Gasteiger partial charge >= 0.3 is 347 Å². The SMILES string of the molecule is Cc1ccc(C2=Cc3c(cc(C)c(C)c3-c3ccc4ccccc4c3)[CH]2[Zr]([CH3])([CH3])(=[SiH2])[CH]2C(c3ccc(C)o3)=Cc3c2cc(C)c(C)c3-c2ccc3ccccc3c2)o1.Cl.Cl. The number of aryl methyl sites for hydroxylation is 4. The molecule has 2 unspecified atom stereocenters. The summed E-state index contributed by atoms with van der Waals surface area (Å²) in [5.41, 5.74) is 18.8. The molecule has 8 aromatic rings. The molecule has 0 fully saturated rings. The fourth-order valence-electron chi connectivity index (χ4n) is 10.8. The van der Waals surface area contributed by atoms with Crippen LogP contribution in [0.5, 0.6) is 0 Å². The van der Waals surface area contributed by atoms with Gasteiger partial charge in [-0.15, -0.1) is 24.8 Å².